The van der Waals surface area contributed by atoms with Crippen LogP contribution in [0, 0.1) is 11.3 Å². The van der Waals surface area contributed by atoms with Crippen LogP contribution in [0.5, 0.6) is 5.88 Å². The number of nitrogens with zero attached hydrogens (tertiary/aromatic N) is 5. The lowest BCUT2D eigenvalue weighted by Gasteiger charge is -2.56. The zero-order chi connectivity index (χ0) is 32.7. The number of hydrogen-bond donors (Lipinski definition) is 2. The first-order valence-corrected chi connectivity index (χ1v) is 16.8. The molecule has 3 aromatic rings. The second-order valence-corrected chi connectivity index (χ2v) is 14.0. The molecule has 2 N–H and O–H groups in total. The fourth-order valence-electron chi connectivity index (χ4n) is 7.57. The van der Waals surface area contributed by atoms with Crippen molar-refractivity contribution in [2.75, 3.05) is 45.2 Å². The van der Waals surface area contributed by atoms with Gasteiger partial charge in [-0.25, -0.2) is 9.78 Å². The molecule has 46 heavy (non-hydrogen) atoms. The molecule has 0 spiro atoms. The molecule has 0 saturated carbocycles. The molecule has 2 saturated heterocycles. The number of aromatic nitrogens is 1. The SMILES string of the molecule is CCOc1ncccc1C1(C2CNc3ccccc32)C(=O)[N+](C(=O)O)(S(=O)(=O)c2ccccc2)CC(C#N)N1C1CCN(C)CC1. The molecule has 12 nitrogen and oxygen atoms in total. The number of nitrogens with one attached hydrogen (secondary N) is 1. The first kappa shape index (κ1) is 31.6. The smallest absolute Gasteiger partial charge is 0.478 e. The molecule has 240 valence electrons. The summed E-state index contributed by atoms with van der Waals surface area (Å²) >= 11 is 0. The Balaban J connectivity index is 1.75. The van der Waals surface area contributed by atoms with Gasteiger partial charge in [0.2, 0.25) is 5.88 Å². The number of benzene rings is 2. The maximum atomic E-state index is 15.9. The van der Waals surface area contributed by atoms with Gasteiger partial charge in [0.05, 0.1) is 12.7 Å². The predicted molar refractivity (Wildman–Crippen MR) is 168 cm³/mol. The minimum Gasteiger partial charge on any atom is -0.478 e. The van der Waals surface area contributed by atoms with Gasteiger partial charge in [0.1, 0.15) is 11.4 Å². The topological polar surface area (TPSA) is 153 Å². The first-order chi connectivity index (χ1) is 22.1. The van der Waals surface area contributed by atoms with E-state index in [9.17, 15) is 23.6 Å². The van der Waals surface area contributed by atoms with E-state index < -0.39 is 50.0 Å². The van der Waals surface area contributed by atoms with Gasteiger partial charge in [0.25, 0.3) is 0 Å². The van der Waals surface area contributed by atoms with Crippen molar-refractivity contribution in [1.82, 2.24) is 14.8 Å². The zero-order valence-electron chi connectivity index (χ0n) is 25.7. The minimum atomic E-state index is -4.97. The fourth-order valence-corrected chi connectivity index (χ4v) is 9.33. The number of rotatable bonds is 7. The van der Waals surface area contributed by atoms with E-state index in [-0.39, 0.29) is 35.5 Å². The minimum absolute atomic E-state index is 0.0832. The van der Waals surface area contributed by atoms with Crippen molar-refractivity contribution >= 4 is 27.7 Å². The molecule has 0 aliphatic carbocycles. The Labute approximate surface area is 268 Å². The third-order valence-corrected chi connectivity index (χ3v) is 11.8. The molecule has 3 aliphatic rings. The third kappa shape index (κ3) is 4.59. The van der Waals surface area contributed by atoms with Gasteiger partial charge in [0.15, 0.2) is 11.6 Å². The molecule has 0 radical (unpaired) electrons. The number of quaternary nitrogens is 1. The highest BCUT2D eigenvalue weighted by atomic mass is 32.2. The summed E-state index contributed by atoms with van der Waals surface area (Å²) in [6.45, 7) is 2.70. The Kier molecular flexibility index (Phi) is 8.32. The lowest BCUT2D eigenvalue weighted by molar-refractivity contribution is -0.668. The summed E-state index contributed by atoms with van der Waals surface area (Å²) in [5.74, 6) is -1.80. The van der Waals surface area contributed by atoms with Crippen LogP contribution in [0.3, 0.4) is 0 Å². The number of piperidine rings is 1. The van der Waals surface area contributed by atoms with Crippen LogP contribution >= 0.6 is 0 Å². The largest absolute Gasteiger partial charge is 0.537 e. The number of likely N-dealkylation sites (tertiary alicyclic amines) is 1. The van der Waals surface area contributed by atoms with Crippen LogP contribution in [-0.4, -0.2) is 96.1 Å². The molecule has 2 amide bonds. The highest BCUT2D eigenvalue weighted by Crippen LogP contribution is 2.56. The summed E-state index contributed by atoms with van der Waals surface area (Å²) < 4.78 is 33.5. The Bertz CT molecular complexity index is 1790. The molecule has 2 fully saturated rings. The number of sulfonamides is 1. The number of carboxylic acid groups (broad SMARTS) is 1. The Hall–Kier alpha value is -4.35. The lowest BCUT2D eigenvalue weighted by Crippen LogP contribution is -2.80. The van der Waals surface area contributed by atoms with Gasteiger partial charge >= 0.3 is 22.0 Å². The summed E-state index contributed by atoms with van der Waals surface area (Å²) in [4.78, 5) is 37.7. The maximum Gasteiger partial charge on any atom is 0.537 e. The molecule has 4 atom stereocenters. The van der Waals surface area contributed by atoms with Gasteiger partial charge < -0.3 is 20.1 Å². The van der Waals surface area contributed by atoms with Gasteiger partial charge in [-0.1, -0.05) is 36.4 Å². The number of amides is 2. The fraction of sp³-hybridized carbons (Fsp3) is 0.394. The van der Waals surface area contributed by atoms with Crippen LogP contribution in [0.25, 0.3) is 0 Å². The van der Waals surface area contributed by atoms with E-state index in [0.717, 1.165) is 5.69 Å². The third-order valence-electron chi connectivity index (χ3n) is 9.62. The zero-order valence-corrected chi connectivity index (χ0v) is 26.6. The molecule has 2 aromatic carbocycles. The second kappa shape index (κ2) is 12.1. The number of pyridine rings is 1. The van der Waals surface area contributed by atoms with Gasteiger partial charge in [-0.15, -0.1) is 0 Å². The number of nitriles is 1. The number of hydrogen-bond acceptors (Lipinski definition) is 10. The van der Waals surface area contributed by atoms with E-state index in [1.165, 1.54) is 30.5 Å². The summed E-state index contributed by atoms with van der Waals surface area (Å²) in [5.41, 5.74) is -0.323. The van der Waals surface area contributed by atoms with E-state index in [0.29, 0.717) is 31.5 Å². The molecule has 3 aliphatic heterocycles. The van der Waals surface area contributed by atoms with Crippen LogP contribution in [0.4, 0.5) is 10.5 Å². The number of imide groups is 1. The molecule has 6 rings (SSSR count). The number of fused-ring (bicyclic) bond motifs is 1. The Morgan fingerprint density at radius 3 is 2.50 bits per heavy atom. The van der Waals surface area contributed by atoms with E-state index >= 15 is 4.79 Å². The van der Waals surface area contributed by atoms with Crippen LogP contribution in [0.1, 0.15) is 36.8 Å². The molecule has 13 heteroatoms. The van der Waals surface area contributed by atoms with E-state index in [1.54, 1.807) is 25.1 Å². The average molecular weight is 646 g/mol. The summed E-state index contributed by atoms with van der Waals surface area (Å²) in [6.07, 6.45) is 0.795. The van der Waals surface area contributed by atoms with Crippen molar-refractivity contribution in [2.24, 2.45) is 0 Å². The number of carbonyl (C=O) groups is 2. The van der Waals surface area contributed by atoms with Crippen molar-refractivity contribution in [1.29, 1.82) is 5.26 Å². The van der Waals surface area contributed by atoms with Gasteiger partial charge in [0, 0.05) is 36.0 Å². The highest BCUT2D eigenvalue weighted by molar-refractivity contribution is 7.86. The molecular formula is C33H37N6O6S+. The van der Waals surface area contributed by atoms with Gasteiger partial charge in [-0.2, -0.15) is 18.5 Å². The van der Waals surface area contributed by atoms with Crippen molar-refractivity contribution in [2.45, 2.75) is 48.2 Å². The summed E-state index contributed by atoms with van der Waals surface area (Å²) in [7, 11) is -2.97. The number of piperazine rings is 1. The Morgan fingerprint density at radius 1 is 1.13 bits per heavy atom. The van der Waals surface area contributed by atoms with Gasteiger partial charge in [-0.3, -0.25) is 4.90 Å². The number of carbonyl (C=O) groups excluding carboxylic acids is 1. The van der Waals surface area contributed by atoms with Gasteiger partial charge in [-0.05, 0) is 79.7 Å². The maximum absolute atomic E-state index is 15.9. The molecular weight excluding hydrogens is 608 g/mol. The normalized spacial score (nSPS) is 27.4. The summed E-state index contributed by atoms with van der Waals surface area (Å²) in [5, 5.41) is 25.3. The van der Waals surface area contributed by atoms with Crippen LogP contribution in [0.15, 0.2) is 77.8 Å². The second-order valence-electron chi connectivity index (χ2n) is 12.0. The summed E-state index contributed by atoms with van der Waals surface area (Å²) in [6, 6.07) is 18.4. The van der Waals surface area contributed by atoms with Crippen molar-refractivity contribution in [3.05, 3.63) is 84.1 Å². The molecule has 4 unspecified atom stereocenters. The number of para-hydroxylation sites is 1. The first-order valence-electron chi connectivity index (χ1n) is 15.4. The number of ether oxygens (including phenoxy) is 1. The lowest BCUT2D eigenvalue weighted by atomic mass is 9.69. The van der Waals surface area contributed by atoms with Crippen molar-refractivity contribution in [3.63, 3.8) is 0 Å². The quantitative estimate of drug-likeness (QED) is 0.363. The standard InChI is InChI=1S/C33H36N6O6S/c1-3-45-30-27(13-9-17-35-30)33(28-21-36-29-14-8-7-12-26(28)29)31(40)39(32(41)42,46(43,44)25-10-5-4-6-11-25)22-24(20-34)38(33)23-15-18-37(2)19-16-23/h4-14,17,23-24,28,36H,3,15-16,18-19,21-22H2,1-2H3/p+1. The Morgan fingerprint density at radius 2 is 1.83 bits per heavy atom. The monoisotopic (exact) mass is 645 g/mol. The van der Waals surface area contributed by atoms with Crippen LogP contribution in [0.2, 0.25) is 0 Å². The van der Waals surface area contributed by atoms with E-state index in [1.807, 2.05) is 36.2 Å². The molecule has 1 aromatic heterocycles. The van der Waals surface area contributed by atoms with Crippen LogP contribution < -0.4 is 10.1 Å². The van der Waals surface area contributed by atoms with E-state index in [2.05, 4.69) is 21.3 Å². The molecule has 0 bridgehead atoms. The average Bonchev–Trinajstić information content (AvgIpc) is 3.50. The van der Waals surface area contributed by atoms with Crippen molar-refractivity contribution in [3.8, 4) is 11.9 Å². The van der Waals surface area contributed by atoms with Crippen molar-refractivity contribution < 1.29 is 31.7 Å². The highest BCUT2D eigenvalue weighted by Gasteiger charge is 2.75. The van der Waals surface area contributed by atoms with E-state index in [4.69, 9.17) is 4.74 Å². The van der Waals surface area contributed by atoms with Crippen LogP contribution in [-0.2, 0) is 20.4 Å². The predicted octanol–water partition coefficient (Wildman–Crippen LogP) is 3.60. The molecule has 4 heterocycles. The number of anilines is 1.